The molecular formula is C15H17N7. The number of hydrogen-bond acceptors (Lipinski definition) is 5. The van der Waals surface area contributed by atoms with Gasteiger partial charge in [-0.1, -0.05) is 0 Å². The molecule has 3 aromatic heterocycles. The van der Waals surface area contributed by atoms with Crippen LogP contribution in [0.5, 0.6) is 0 Å². The van der Waals surface area contributed by atoms with E-state index in [9.17, 15) is 0 Å². The Morgan fingerprint density at radius 3 is 2.50 bits per heavy atom. The zero-order valence-electron chi connectivity index (χ0n) is 12.1. The van der Waals surface area contributed by atoms with Crippen molar-refractivity contribution < 1.29 is 0 Å². The number of hydrogen-bond donors (Lipinski definition) is 1. The van der Waals surface area contributed by atoms with Crippen molar-refractivity contribution >= 4 is 5.95 Å². The van der Waals surface area contributed by atoms with Gasteiger partial charge in [0, 0.05) is 56.3 Å². The molecule has 7 nitrogen and oxygen atoms in total. The van der Waals surface area contributed by atoms with E-state index in [1.54, 1.807) is 18.6 Å². The van der Waals surface area contributed by atoms with Gasteiger partial charge in [-0.05, 0) is 18.9 Å². The number of aromatic nitrogens is 6. The Bertz CT molecular complexity index is 711. The molecule has 3 aromatic rings. The van der Waals surface area contributed by atoms with Crippen LogP contribution in [0.4, 0.5) is 5.95 Å². The maximum atomic E-state index is 4.44. The Balaban J connectivity index is 1.50. The SMILES string of the molecule is c1cnc(N2CCC(n3ccnc3-c3ncc[nH]3)CC2)nc1. The summed E-state index contributed by atoms with van der Waals surface area (Å²) in [6.07, 6.45) is 13.1. The number of nitrogens with zero attached hydrogens (tertiary/aromatic N) is 6. The van der Waals surface area contributed by atoms with Gasteiger partial charge in [0.1, 0.15) is 0 Å². The molecule has 1 N–H and O–H groups in total. The van der Waals surface area contributed by atoms with E-state index < -0.39 is 0 Å². The van der Waals surface area contributed by atoms with E-state index >= 15 is 0 Å². The first kappa shape index (κ1) is 13.0. The fourth-order valence-corrected chi connectivity index (χ4v) is 2.98. The maximum Gasteiger partial charge on any atom is 0.225 e. The van der Waals surface area contributed by atoms with Crippen molar-refractivity contribution in [2.45, 2.75) is 18.9 Å². The van der Waals surface area contributed by atoms with Crippen LogP contribution < -0.4 is 4.90 Å². The van der Waals surface area contributed by atoms with Crippen molar-refractivity contribution in [2.75, 3.05) is 18.0 Å². The smallest absolute Gasteiger partial charge is 0.225 e. The first-order valence-corrected chi connectivity index (χ1v) is 7.46. The fourth-order valence-electron chi connectivity index (χ4n) is 2.98. The summed E-state index contributed by atoms with van der Waals surface area (Å²) in [6, 6.07) is 2.28. The number of anilines is 1. The molecule has 0 bridgehead atoms. The first-order chi connectivity index (χ1) is 10.9. The van der Waals surface area contributed by atoms with Gasteiger partial charge in [0.15, 0.2) is 11.6 Å². The van der Waals surface area contributed by atoms with Crippen LogP contribution in [0.3, 0.4) is 0 Å². The van der Waals surface area contributed by atoms with Crippen molar-refractivity contribution in [1.29, 1.82) is 0 Å². The van der Waals surface area contributed by atoms with Gasteiger partial charge in [-0.3, -0.25) is 0 Å². The molecule has 0 radical (unpaired) electrons. The average molecular weight is 295 g/mol. The van der Waals surface area contributed by atoms with Gasteiger partial charge in [-0.25, -0.2) is 19.9 Å². The number of rotatable bonds is 3. The topological polar surface area (TPSA) is 75.5 Å². The molecule has 1 saturated heterocycles. The van der Waals surface area contributed by atoms with E-state index in [2.05, 4.69) is 34.4 Å². The summed E-state index contributed by atoms with van der Waals surface area (Å²) in [4.78, 5) is 22.8. The number of piperidine rings is 1. The third-order valence-corrected chi connectivity index (χ3v) is 4.07. The van der Waals surface area contributed by atoms with Crippen LogP contribution in [0, 0.1) is 0 Å². The van der Waals surface area contributed by atoms with Crippen molar-refractivity contribution in [3.8, 4) is 11.6 Å². The molecule has 1 aliphatic rings. The van der Waals surface area contributed by atoms with E-state index in [-0.39, 0.29) is 0 Å². The molecule has 1 fully saturated rings. The van der Waals surface area contributed by atoms with Crippen molar-refractivity contribution in [3.63, 3.8) is 0 Å². The monoisotopic (exact) mass is 295 g/mol. The number of H-pyrrole nitrogens is 1. The quantitative estimate of drug-likeness (QED) is 0.798. The van der Waals surface area contributed by atoms with Crippen LogP contribution in [0.1, 0.15) is 18.9 Å². The predicted molar refractivity (Wildman–Crippen MR) is 82.3 cm³/mol. The summed E-state index contributed by atoms with van der Waals surface area (Å²) in [5, 5.41) is 0. The molecule has 22 heavy (non-hydrogen) atoms. The van der Waals surface area contributed by atoms with Gasteiger partial charge in [0.2, 0.25) is 5.95 Å². The fraction of sp³-hybridized carbons (Fsp3) is 0.333. The molecule has 0 saturated carbocycles. The molecule has 0 amide bonds. The second kappa shape index (κ2) is 5.59. The van der Waals surface area contributed by atoms with Crippen molar-refractivity contribution in [1.82, 2.24) is 29.5 Å². The van der Waals surface area contributed by atoms with Crippen molar-refractivity contribution in [3.05, 3.63) is 43.2 Å². The van der Waals surface area contributed by atoms with E-state index in [0.717, 1.165) is 43.5 Å². The van der Waals surface area contributed by atoms with Gasteiger partial charge in [0.05, 0.1) is 0 Å². The van der Waals surface area contributed by atoms with Gasteiger partial charge in [-0.2, -0.15) is 0 Å². The standard InChI is InChI=1S/C15H17N7/c1-4-19-15(20-5-1)21-9-2-12(3-10-21)22-11-8-18-14(22)13-16-6-7-17-13/h1,4-8,11-12H,2-3,9-10H2,(H,16,17). The zero-order chi connectivity index (χ0) is 14.8. The van der Waals surface area contributed by atoms with Crippen LogP contribution in [0.2, 0.25) is 0 Å². The maximum absolute atomic E-state index is 4.44. The van der Waals surface area contributed by atoms with E-state index in [4.69, 9.17) is 0 Å². The molecule has 0 aliphatic carbocycles. The highest BCUT2D eigenvalue weighted by Gasteiger charge is 2.24. The normalized spacial score (nSPS) is 16.1. The molecular weight excluding hydrogens is 278 g/mol. The molecule has 4 heterocycles. The lowest BCUT2D eigenvalue weighted by Crippen LogP contribution is -2.35. The molecule has 112 valence electrons. The van der Waals surface area contributed by atoms with Crippen LogP contribution >= 0.6 is 0 Å². The minimum atomic E-state index is 0.433. The Labute approximate surface area is 128 Å². The Hall–Kier alpha value is -2.70. The number of nitrogens with one attached hydrogen (secondary N) is 1. The summed E-state index contributed by atoms with van der Waals surface area (Å²) < 4.78 is 2.22. The first-order valence-electron chi connectivity index (χ1n) is 7.46. The average Bonchev–Trinajstić information content (AvgIpc) is 3.27. The summed E-state index contributed by atoms with van der Waals surface area (Å²) in [5.41, 5.74) is 0. The van der Waals surface area contributed by atoms with Gasteiger partial charge in [0.25, 0.3) is 0 Å². The van der Waals surface area contributed by atoms with E-state index in [1.165, 1.54) is 0 Å². The number of aromatic amines is 1. The molecule has 0 spiro atoms. The van der Waals surface area contributed by atoms with Gasteiger partial charge >= 0.3 is 0 Å². The van der Waals surface area contributed by atoms with Crippen LogP contribution in [0.15, 0.2) is 43.2 Å². The molecule has 0 aromatic carbocycles. The summed E-state index contributed by atoms with van der Waals surface area (Å²) in [5.74, 6) is 2.54. The Morgan fingerprint density at radius 1 is 0.955 bits per heavy atom. The number of imidazole rings is 2. The zero-order valence-corrected chi connectivity index (χ0v) is 12.1. The van der Waals surface area contributed by atoms with Gasteiger partial charge < -0.3 is 14.5 Å². The lowest BCUT2D eigenvalue weighted by atomic mass is 10.1. The Morgan fingerprint density at radius 2 is 1.77 bits per heavy atom. The molecule has 0 atom stereocenters. The highest BCUT2D eigenvalue weighted by Crippen LogP contribution is 2.27. The minimum Gasteiger partial charge on any atom is -0.342 e. The molecule has 1 aliphatic heterocycles. The second-order valence-corrected chi connectivity index (χ2v) is 5.36. The summed E-state index contributed by atoms with van der Waals surface area (Å²) >= 11 is 0. The summed E-state index contributed by atoms with van der Waals surface area (Å²) in [7, 11) is 0. The summed E-state index contributed by atoms with van der Waals surface area (Å²) in [6.45, 7) is 1.90. The molecule has 0 unspecified atom stereocenters. The molecule has 7 heteroatoms. The van der Waals surface area contributed by atoms with Crippen LogP contribution in [0.25, 0.3) is 11.6 Å². The van der Waals surface area contributed by atoms with Gasteiger partial charge in [-0.15, -0.1) is 0 Å². The third kappa shape index (κ3) is 2.34. The lowest BCUT2D eigenvalue weighted by Gasteiger charge is -2.33. The largest absolute Gasteiger partial charge is 0.342 e. The van der Waals surface area contributed by atoms with Crippen LogP contribution in [-0.4, -0.2) is 42.6 Å². The lowest BCUT2D eigenvalue weighted by molar-refractivity contribution is 0.396. The highest BCUT2D eigenvalue weighted by atomic mass is 15.3. The van der Waals surface area contributed by atoms with E-state index in [0.29, 0.717) is 6.04 Å². The third-order valence-electron chi connectivity index (χ3n) is 4.07. The Kier molecular flexibility index (Phi) is 3.30. The van der Waals surface area contributed by atoms with Crippen LogP contribution in [-0.2, 0) is 0 Å². The molecule has 4 rings (SSSR count). The predicted octanol–water partition coefficient (Wildman–Crippen LogP) is 1.90. The van der Waals surface area contributed by atoms with Crippen molar-refractivity contribution in [2.24, 2.45) is 0 Å². The minimum absolute atomic E-state index is 0.433. The highest BCUT2D eigenvalue weighted by molar-refractivity contribution is 5.43. The second-order valence-electron chi connectivity index (χ2n) is 5.36. The van der Waals surface area contributed by atoms with E-state index in [1.807, 2.05) is 24.7 Å².